The summed E-state index contributed by atoms with van der Waals surface area (Å²) in [5.74, 6) is -1.82. The minimum Gasteiger partial charge on any atom is -0.436 e. The van der Waals surface area contributed by atoms with Crippen molar-refractivity contribution in [1.29, 1.82) is 0 Å². The van der Waals surface area contributed by atoms with E-state index < -0.39 is 35.4 Å². The molecule has 3 N–H and O–H groups in total. The van der Waals surface area contributed by atoms with E-state index in [-0.39, 0.29) is 35.1 Å². The highest BCUT2D eigenvalue weighted by atomic mass is 35.5. The monoisotopic (exact) mass is 578 g/mol. The van der Waals surface area contributed by atoms with E-state index in [1.165, 1.54) is 24.0 Å². The van der Waals surface area contributed by atoms with Crippen molar-refractivity contribution in [2.45, 2.75) is 37.8 Å². The van der Waals surface area contributed by atoms with Gasteiger partial charge in [-0.2, -0.15) is 0 Å². The molecule has 212 valence electrons. The summed E-state index contributed by atoms with van der Waals surface area (Å²) in [6.45, 7) is 1.61. The number of piperidine rings is 1. The molecule has 2 heterocycles. The second-order valence-electron chi connectivity index (χ2n) is 10.1. The van der Waals surface area contributed by atoms with Crippen LogP contribution in [0.25, 0.3) is 0 Å². The van der Waals surface area contributed by atoms with Crippen LogP contribution in [0.3, 0.4) is 0 Å². The van der Waals surface area contributed by atoms with Crippen LogP contribution in [0.15, 0.2) is 66.7 Å². The zero-order chi connectivity index (χ0) is 29.1. The second-order valence-corrected chi connectivity index (χ2v) is 10.5. The standard InChI is InChI=1S/C30H28ClFN4O5/c1-18(37)33-21-10-8-20(9-11-21)27(38)34-24(16-19-6-3-2-4-7-19)28(39)36-15-5-14-30(17-36)25-23(35-29(40)41-30)13-12-22(31)26(25)32/h2-4,6-13,24H,5,14-17H2,1H3,(H,33,37)(H,34,38)(H,35,40)/t24-,30-/m0/s1. The summed E-state index contributed by atoms with van der Waals surface area (Å²) in [5, 5.41) is 7.88. The lowest BCUT2D eigenvalue weighted by atomic mass is 9.82. The third-order valence-corrected chi connectivity index (χ3v) is 7.49. The smallest absolute Gasteiger partial charge is 0.412 e. The molecule has 11 heteroatoms. The van der Waals surface area contributed by atoms with Crippen molar-refractivity contribution in [1.82, 2.24) is 10.2 Å². The lowest BCUT2D eigenvalue weighted by molar-refractivity contribution is -0.141. The minimum atomic E-state index is -1.43. The van der Waals surface area contributed by atoms with Crippen LogP contribution in [-0.4, -0.2) is 47.8 Å². The highest BCUT2D eigenvalue weighted by Gasteiger charge is 2.49. The van der Waals surface area contributed by atoms with Crippen LogP contribution in [0.1, 0.15) is 41.3 Å². The van der Waals surface area contributed by atoms with E-state index in [0.29, 0.717) is 30.6 Å². The zero-order valence-corrected chi connectivity index (χ0v) is 23.0. The SMILES string of the molecule is CC(=O)Nc1ccc(C(=O)N[C@@H](Cc2ccccc2)C(=O)N2CCC[C@@]3(C2)OC(=O)Nc2ccc(Cl)c(F)c23)cc1. The molecule has 0 aliphatic carbocycles. The molecule has 0 aromatic heterocycles. The van der Waals surface area contributed by atoms with Crippen LogP contribution in [0, 0.1) is 5.82 Å². The summed E-state index contributed by atoms with van der Waals surface area (Å²) in [4.78, 5) is 52.5. The van der Waals surface area contributed by atoms with Crippen LogP contribution in [0.5, 0.6) is 0 Å². The number of carbonyl (C=O) groups is 4. The van der Waals surface area contributed by atoms with Crippen molar-refractivity contribution in [2.75, 3.05) is 23.7 Å². The average molecular weight is 579 g/mol. The second kappa shape index (κ2) is 11.6. The Bertz CT molecular complexity index is 1500. The molecule has 4 amide bonds. The Morgan fingerprint density at radius 3 is 2.54 bits per heavy atom. The molecule has 0 unspecified atom stereocenters. The third-order valence-electron chi connectivity index (χ3n) is 7.20. The number of likely N-dealkylation sites (tertiary alicyclic amines) is 1. The largest absolute Gasteiger partial charge is 0.436 e. The number of fused-ring (bicyclic) bond motifs is 2. The number of ether oxygens (including phenoxy) is 1. The van der Waals surface area contributed by atoms with Gasteiger partial charge in [0.15, 0.2) is 11.4 Å². The summed E-state index contributed by atoms with van der Waals surface area (Å²) in [5.41, 5.74) is 0.586. The van der Waals surface area contributed by atoms with Crippen molar-refractivity contribution in [2.24, 2.45) is 0 Å². The van der Waals surface area contributed by atoms with Crippen molar-refractivity contribution >= 4 is 46.8 Å². The number of amides is 4. The summed E-state index contributed by atoms with van der Waals surface area (Å²) in [7, 11) is 0. The summed E-state index contributed by atoms with van der Waals surface area (Å²) < 4.78 is 21.0. The predicted molar refractivity (Wildman–Crippen MR) is 151 cm³/mol. The number of benzene rings is 3. The van der Waals surface area contributed by atoms with Gasteiger partial charge < -0.3 is 20.3 Å². The molecular formula is C30H28ClFN4O5. The number of rotatable bonds is 6. The van der Waals surface area contributed by atoms with E-state index in [2.05, 4.69) is 16.0 Å². The van der Waals surface area contributed by atoms with Crippen molar-refractivity contribution in [3.63, 3.8) is 0 Å². The number of halogens is 2. The molecule has 0 saturated carbocycles. The lowest BCUT2D eigenvalue weighted by Crippen LogP contribution is -2.57. The van der Waals surface area contributed by atoms with Gasteiger partial charge in [-0.05, 0) is 54.8 Å². The molecular weight excluding hydrogens is 551 g/mol. The predicted octanol–water partition coefficient (Wildman–Crippen LogP) is 4.86. The molecule has 2 atom stereocenters. The van der Waals surface area contributed by atoms with Crippen LogP contribution in [-0.2, 0) is 26.3 Å². The van der Waals surface area contributed by atoms with Gasteiger partial charge in [-0.3, -0.25) is 19.7 Å². The molecule has 0 bridgehead atoms. The topological polar surface area (TPSA) is 117 Å². The van der Waals surface area contributed by atoms with Crippen LogP contribution in [0.4, 0.5) is 20.6 Å². The van der Waals surface area contributed by atoms with Gasteiger partial charge in [-0.25, -0.2) is 9.18 Å². The summed E-state index contributed by atoms with van der Waals surface area (Å²) in [6, 6.07) is 17.5. The Morgan fingerprint density at radius 2 is 1.83 bits per heavy atom. The van der Waals surface area contributed by atoms with Gasteiger partial charge in [-0.15, -0.1) is 0 Å². The molecule has 1 fully saturated rings. The third kappa shape index (κ3) is 6.02. The molecule has 9 nitrogen and oxygen atoms in total. The highest BCUT2D eigenvalue weighted by Crippen LogP contribution is 2.45. The van der Waals surface area contributed by atoms with E-state index in [1.807, 2.05) is 30.3 Å². The Hall–Kier alpha value is -4.44. The number of carbonyl (C=O) groups excluding carboxylic acids is 4. The van der Waals surface area contributed by atoms with Gasteiger partial charge in [0.1, 0.15) is 6.04 Å². The maximum atomic E-state index is 15.3. The van der Waals surface area contributed by atoms with Gasteiger partial charge in [-0.1, -0.05) is 41.9 Å². The van der Waals surface area contributed by atoms with Gasteiger partial charge >= 0.3 is 6.09 Å². The molecule has 0 radical (unpaired) electrons. The van der Waals surface area contributed by atoms with Gasteiger partial charge in [0, 0.05) is 31.1 Å². The number of nitrogens with zero attached hydrogens (tertiary/aromatic N) is 1. The van der Waals surface area contributed by atoms with Crippen LogP contribution >= 0.6 is 11.6 Å². The maximum absolute atomic E-state index is 15.3. The Balaban J connectivity index is 1.42. The van der Waals surface area contributed by atoms with E-state index in [4.69, 9.17) is 16.3 Å². The Kier molecular flexibility index (Phi) is 7.94. The van der Waals surface area contributed by atoms with Crippen molar-refractivity contribution in [3.8, 4) is 0 Å². The number of hydrogen-bond acceptors (Lipinski definition) is 5. The quantitative estimate of drug-likeness (QED) is 0.386. The lowest BCUT2D eigenvalue weighted by Gasteiger charge is -2.45. The molecule has 1 saturated heterocycles. The van der Waals surface area contributed by atoms with E-state index in [0.717, 1.165) is 5.56 Å². The first-order valence-electron chi connectivity index (χ1n) is 13.1. The van der Waals surface area contributed by atoms with Crippen LogP contribution in [0.2, 0.25) is 5.02 Å². The molecule has 3 aromatic carbocycles. The Labute approximate surface area is 241 Å². The molecule has 5 rings (SSSR count). The fraction of sp³-hybridized carbons (Fsp3) is 0.267. The zero-order valence-electron chi connectivity index (χ0n) is 22.2. The number of hydrogen-bond donors (Lipinski definition) is 3. The molecule has 2 aliphatic rings. The number of anilines is 2. The molecule has 41 heavy (non-hydrogen) atoms. The van der Waals surface area contributed by atoms with E-state index >= 15 is 4.39 Å². The van der Waals surface area contributed by atoms with E-state index in [9.17, 15) is 19.2 Å². The fourth-order valence-corrected chi connectivity index (χ4v) is 5.54. The van der Waals surface area contributed by atoms with Crippen LogP contribution < -0.4 is 16.0 Å². The first kappa shape index (κ1) is 28.1. The van der Waals surface area contributed by atoms with Gasteiger partial charge in [0.2, 0.25) is 11.8 Å². The van der Waals surface area contributed by atoms with Gasteiger partial charge in [0.05, 0.1) is 22.8 Å². The maximum Gasteiger partial charge on any atom is 0.412 e. The minimum absolute atomic E-state index is 0.101. The first-order chi connectivity index (χ1) is 19.6. The summed E-state index contributed by atoms with van der Waals surface area (Å²) >= 11 is 6.08. The molecule has 1 spiro atoms. The molecule has 2 aliphatic heterocycles. The van der Waals surface area contributed by atoms with Gasteiger partial charge in [0.25, 0.3) is 5.91 Å². The van der Waals surface area contributed by atoms with Crippen molar-refractivity contribution < 1.29 is 28.3 Å². The molecule has 3 aromatic rings. The average Bonchev–Trinajstić information content (AvgIpc) is 2.94. The van der Waals surface area contributed by atoms with E-state index in [1.54, 1.807) is 24.3 Å². The summed E-state index contributed by atoms with van der Waals surface area (Å²) in [6.07, 6.45) is 0.188. The van der Waals surface area contributed by atoms with Crippen molar-refractivity contribution in [3.05, 3.63) is 94.3 Å². The fourth-order valence-electron chi connectivity index (χ4n) is 5.38. The highest BCUT2D eigenvalue weighted by molar-refractivity contribution is 6.31. The number of nitrogens with one attached hydrogen (secondary N) is 3. The normalized spacial score (nSPS) is 18.5. The Morgan fingerprint density at radius 1 is 1.10 bits per heavy atom. The first-order valence-corrected chi connectivity index (χ1v) is 13.5.